The normalized spacial score (nSPS) is 11.6. The second-order valence-corrected chi connectivity index (χ2v) is 9.74. The average Bonchev–Trinajstić information content (AvgIpc) is 2.93. The van der Waals surface area contributed by atoms with Crippen molar-refractivity contribution in [2.24, 2.45) is 0 Å². The molecule has 4 nitrogen and oxygen atoms in total. The maximum atomic E-state index is 13.7. The molecule has 0 unspecified atom stereocenters. The van der Waals surface area contributed by atoms with Crippen molar-refractivity contribution in [1.82, 2.24) is 10.2 Å². The molecule has 2 amide bonds. The van der Waals surface area contributed by atoms with Crippen LogP contribution in [0.15, 0.2) is 103 Å². The van der Waals surface area contributed by atoms with Gasteiger partial charge in [-0.2, -0.15) is 0 Å². The van der Waals surface area contributed by atoms with E-state index in [9.17, 15) is 14.0 Å². The predicted molar refractivity (Wildman–Crippen MR) is 149 cm³/mol. The van der Waals surface area contributed by atoms with Crippen LogP contribution in [0, 0.1) is 5.82 Å². The molecule has 0 aliphatic carbocycles. The van der Waals surface area contributed by atoms with Gasteiger partial charge >= 0.3 is 0 Å². The number of amides is 2. The van der Waals surface area contributed by atoms with E-state index in [2.05, 4.69) is 5.32 Å². The first-order valence-corrected chi connectivity index (χ1v) is 13.0. The molecule has 0 radical (unpaired) electrons. The van der Waals surface area contributed by atoms with Gasteiger partial charge in [0.1, 0.15) is 11.9 Å². The Balaban J connectivity index is 1.63. The number of nitrogens with zero attached hydrogens (tertiary/aromatic N) is 1. The first-order valence-electron chi connectivity index (χ1n) is 12.2. The van der Waals surface area contributed by atoms with Gasteiger partial charge in [-0.3, -0.25) is 9.59 Å². The van der Waals surface area contributed by atoms with Crippen LogP contribution in [0.1, 0.15) is 34.7 Å². The molecule has 1 atom stereocenters. The van der Waals surface area contributed by atoms with Gasteiger partial charge in [0.25, 0.3) is 0 Å². The van der Waals surface area contributed by atoms with E-state index in [0.717, 1.165) is 5.56 Å². The molecule has 4 rings (SSSR count). The molecule has 1 N–H and O–H groups in total. The molecule has 0 bridgehead atoms. The molecular weight excluding hydrogens is 522 g/mol. The number of nitrogens with one attached hydrogen (secondary N) is 1. The molecule has 0 saturated carbocycles. The monoisotopic (exact) mass is 548 g/mol. The molecule has 0 heterocycles. The van der Waals surface area contributed by atoms with E-state index in [1.54, 1.807) is 35.2 Å². The zero-order valence-electron chi connectivity index (χ0n) is 20.6. The van der Waals surface area contributed by atoms with E-state index in [4.69, 9.17) is 23.2 Å². The van der Waals surface area contributed by atoms with Crippen molar-refractivity contribution in [3.8, 4) is 0 Å². The lowest BCUT2D eigenvalue weighted by Gasteiger charge is -2.32. The second-order valence-electron chi connectivity index (χ2n) is 8.90. The molecule has 194 valence electrons. The largest absolute Gasteiger partial charge is 0.350 e. The van der Waals surface area contributed by atoms with Gasteiger partial charge in [0, 0.05) is 29.6 Å². The smallest absolute Gasteiger partial charge is 0.247 e. The third-order valence-corrected chi connectivity index (χ3v) is 6.79. The van der Waals surface area contributed by atoms with E-state index in [0.29, 0.717) is 33.2 Å². The maximum absolute atomic E-state index is 13.7. The lowest BCUT2D eigenvalue weighted by atomic mass is 10.0. The Morgan fingerprint density at radius 1 is 0.816 bits per heavy atom. The fraction of sp³-hybridized carbons (Fsp3) is 0.161. The van der Waals surface area contributed by atoms with Crippen molar-refractivity contribution in [1.29, 1.82) is 0 Å². The van der Waals surface area contributed by atoms with Gasteiger partial charge in [0.15, 0.2) is 0 Å². The minimum atomic E-state index is -0.907. The van der Waals surface area contributed by atoms with Crippen molar-refractivity contribution in [2.75, 3.05) is 0 Å². The molecular formula is C31H27Cl2FN2O2. The van der Waals surface area contributed by atoms with E-state index in [1.165, 1.54) is 12.1 Å². The summed E-state index contributed by atoms with van der Waals surface area (Å²) in [6.45, 7) is 0.309. The highest BCUT2D eigenvalue weighted by Crippen LogP contribution is 2.26. The Labute approximate surface area is 232 Å². The molecule has 4 aromatic carbocycles. The van der Waals surface area contributed by atoms with Crippen molar-refractivity contribution >= 4 is 35.0 Å². The number of halogens is 3. The molecule has 0 fully saturated rings. The number of rotatable bonds is 10. The van der Waals surface area contributed by atoms with Crippen LogP contribution in [0.4, 0.5) is 4.39 Å². The zero-order valence-corrected chi connectivity index (χ0v) is 22.1. The molecule has 0 saturated heterocycles. The van der Waals surface area contributed by atoms with Gasteiger partial charge in [-0.25, -0.2) is 4.39 Å². The third kappa shape index (κ3) is 7.44. The highest BCUT2D eigenvalue weighted by Gasteiger charge is 2.31. The summed E-state index contributed by atoms with van der Waals surface area (Å²) in [5.41, 5.74) is 3.12. The number of carbonyl (C=O) groups excluding carboxylic acids is 2. The molecule has 4 aromatic rings. The molecule has 7 heteroatoms. The van der Waals surface area contributed by atoms with Crippen LogP contribution in [0.25, 0.3) is 0 Å². The Bertz CT molecular complexity index is 1370. The number of aryl methyl sites for hydroxylation is 1. The zero-order chi connectivity index (χ0) is 26.9. The van der Waals surface area contributed by atoms with E-state index < -0.39 is 6.04 Å². The van der Waals surface area contributed by atoms with Crippen molar-refractivity contribution in [3.05, 3.63) is 141 Å². The van der Waals surface area contributed by atoms with E-state index in [-0.39, 0.29) is 37.1 Å². The Kier molecular flexibility index (Phi) is 9.52. The molecule has 0 aromatic heterocycles. The molecule has 0 aliphatic rings. The lowest BCUT2D eigenvalue weighted by molar-refractivity contribution is -0.141. The SMILES string of the molecule is O=C(NCc1ccc(Cl)cc1Cl)[C@H](c1ccccc1)N(Cc1ccc(F)cc1)C(=O)CCc1ccccc1. The lowest BCUT2D eigenvalue weighted by Crippen LogP contribution is -2.43. The average molecular weight is 549 g/mol. The summed E-state index contributed by atoms with van der Waals surface area (Å²) in [5.74, 6) is -0.906. The fourth-order valence-corrected chi connectivity index (χ4v) is 4.68. The Hall–Kier alpha value is -3.67. The molecule has 0 aliphatic heterocycles. The molecule has 0 spiro atoms. The number of hydrogen-bond donors (Lipinski definition) is 1. The van der Waals surface area contributed by atoms with Gasteiger partial charge in [0.05, 0.1) is 0 Å². The minimum absolute atomic E-state index is 0.141. The van der Waals surface area contributed by atoms with Gasteiger partial charge in [0.2, 0.25) is 11.8 Å². The van der Waals surface area contributed by atoms with Crippen molar-refractivity contribution in [2.45, 2.75) is 32.0 Å². The van der Waals surface area contributed by atoms with Crippen LogP contribution in [0.3, 0.4) is 0 Å². The predicted octanol–water partition coefficient (Wildman–Crippen LogP) is 7.15. The van der Waals surface area contributed by atoms with Crippen molar-refractivity contribution in [3.63, 3.8) is 0 Å². The summed E-state index contributed by atoms with van der Waals surface area (Å²) in [7, 11) is 0. The summed E-state index contributed by atoms with van der Waals surface area (Å²) in [6, 6.07) is 29.0. The highest BCUT2D eigenvalue weighted by atomic mass is 35.5. The number of carbonyl (C=O) groups is 2. The van der Waals surface area contributed by atoms with Crippen LogP contribution in [0.5, 0.6) is 0 Å². The van der Waals surface area contributed by atoms with Gasteiger partial charge in [-0.15, -0.1) is 0 Å². The minimum Gasteiger partial charge on any atom is -0.350 e. The van der Waals surface area contributed by atoms with Crippen LogP contribution in [-0.2, 0) is 29.1 Å². The van der Waals surface area contributed by atoms with Crippen LogP contribution in [0.2, 0.25) is 10.0 Å². The fourth-order valence-electron chi connectivity index (χ4n) is 4.20. The number of hydrogen-bond acceptors (Lipinski definition) is 2. The van der Waals surface area contributed by atoms with Crippen LogP contribution in [-0.4, -0.2) is 16.7 Å². The third-order valence-electron chi connectivity index (χ3n) is 6.20. The first-order chi connectivity index (χ1) is 18.4. The Morgan fingerprint density at radius 2 is 1.47 bits per heavy atom. The summed E-state index contributed by atoms with van der Waals surface area (Å²) in [4.78, 5) is 29.0. The van der Waals surface area contributed by atoms with Gasteiger partial charge in [-0.05, 0) is 52.9 Å². The van der Waals surface area contributed by atoms with E-state index in [1.807, 2.05) is 60.7 Å². The van der Waals surface area contributed by atoms with E-state index >= 15 is 0 Å². The molecule has 38 heavy (non-hydrogen) atoms. The van der Waals surface area contributed by atoms with Crippen molar-refractivity contribution < 1.29 is 14.0 Å². The van der Waals surface area contributed by atoms with Gasteiger partial charge < -0.3 is 10.2 Å². The van der Waals surface area contributed by atoms with Crippen LogP contribution < -0.4 is 5.32 Å². The number of benzene rings is 4. The van der Waals surface area contributed by atoms with Gasteiger partial charge in [-0.1, -0.05) is 102 Å². The Morgan fingerprint density at radius 3 is 2.13 bits per heavy atom. The standard InChI is InChI=1S/C31H27Cl2FN2O2/c32-26-15-14-25(28(33)19-26)20-35-31(38)30(24-9-5-2-6-10-24)36(21-23-11-16-27(34)17-12-23)29(37)18-13-22-7-3-1-4-8-22/h1-12,14-17,19,30H,13,18,20-21H2,(H,35,38)/t30-/m0/s1. The summed E-state index contributed by atoms with van der Waals surface area (Å²) >= 11 is 12.3. The summed E-state index contributed by atoms with van der Waals surface area (Å²) in [6.07, 6.45) is 0.744. The summed E-state index contributed by atoms with van der Waals surface area (Å²) < 4.78 is 13.6. The topological polar surface area (TPSA) is 49.4 Å². The second kappa shape index (κ2) is 13.2. The maximum Gasteiger partial charge on any atom is 0.247 e. The quantitative estimate of drug-likeness (QED) is 0.228. The van der Waals surface area contributed by atoms with Crippen LogP contribution >= 0.6 is 23.2 Å². The first kappa shape index (κ1) is 27.4. The highest BCUT2D eigenvalue weighted by molar-refractivity contribution is 6.35. The summed E-state index contributed by atoms with van der Waals surface area (Å²) in [5, 5.41) is 3.88.